The molecule has 1 saturated heterocycles. The average Bonchev–Trinajstić information content (AvgIpc) is 3.14. The summed E-state index contributed by atoms with van der Waals surface area (Å²) in [6.07, 6.45) is 7.62. The number of pyridine rings is 1. The number of hydrogen-bond acceptors (Lipinski definition) is 3. The smallest absolute Gasteiger partial charge is 0.276 e. The number of halogens is 1. The van der Waals surface area contributed by atoms with Crippen LogP contribution in [0.3, 0.4) is 0 Å². The van der Waals surface area contributed by atoms with Gasteiger partial charge in [0.05, 0.1) is 10.5 Å². The molecule has 0 spiro atoms. The fourth-order valence-corrected chi connectivity index (χ4v) is 5.16. The Bertz CT molecular complexity index is 980. The number of fused-ring (bicyclic) bond motifs is 1. The van der Waals surface area contributed by atoms with Crippen LogP contribution in [0.2, 0.25) is 5.02 Å². The van der Waals surface area contributed by atoms with Crippen LogP contribution in [-0.2, 0) is 11.2 Å². The van der Waals surface area contributed by atoms with E-state index in [4.69, 9.17) is 11.6 Å². The van der Waals surface area contributed by atoms with Gasteiger partial charge in [-0.25, -0.2) is 4.52 Å². The van der Waals surface area contributed by atoms with E-state index in [-0.39, 0.29) is 24.1 Å². The van der Waals surface area contributed by atoms with Crippen molar-refractivity contribution >= 4 is 28.9 Å². The predicted molar refractivity (Wildman–Crippen MR) is 123 cm³/mol. The molecule has 0 N–H and O–H groups in total. The topological polar surface area (TPSA) is 57.9 Å². The molecule has 7 heteroatoms. The van der Waals surface area contributed by atoms with Crippen molar-refractivity contribution in [2.24, 2.45) is 0 Å². The number of aryl methyl sites for hydroxylation is 1. The fourth-order valence-electron chi connectivity index (χ4n) is 4.91. The van der Waals surface area contributed by atoms with Gasteiger partial charge in [-0.15, -0.1) is 0 Å². The van der Waals surface area contributed by atoms with Crippen LogP contribution in [0, 0.1) is 0 Å². The molecular formula is C24H33ClN4O2. The number of hydrogen-bond donors (Lipinski definition) is 0. The monoisotopic (exact) mass is 444 g/mol. The predicted octanol–water partition coefficient (Wildman–Crippen LogP) is 4.68. The molecule has 1 atom stereocenters. The Morgan fingerprint density at radius 3 is 2.58 bits per heavy atom. The number of carbonyl (C=O) groups excluding carboxylic acids is 2. The highest BCUT2D eigenvalue weighted by Gasteiger charge is 2.34. The number of rotatable bonds is 5. The highest BCUT2D eigenvalue weighted by atomic mass is 35.5. The molecule has 6 nitrogen and oxygen atoms in total. The van der Waals surface area contributed by atoms with Crippen molar-refractivity contribution in [1.82, 2.24) is 19.4 Å². The van der Waals surface area contributed by atoms with Crippen LogP contribution in [0.1, 0.15) is 87.0 Å². The van der Waals surface area contributed by atoms with Crippen LogP contribution >= 0.6 is 11.6 Å². The summed E-state index contributed by atoms with van der Waals surface area (Å²) in [6, 6.07) is 4.54. The summed E-state index contributed by atoms with van der Waals surface area (Å²) in [7, 11) is 0. The van der Waals surface area contributed by atoms with Crippen molar-refractivity contribution in [3.05, 3.63) is 34.1 Å². The van der Waals surface area contributed by atoms with Gasteiger partial charge in [0, 0.05) is 24.8 Å². The molecule has 2 aliphatic rings. The van der Waals surface area contributed by atoms with Crippen molar-refractivity contribution in [1.29, 1.82) is 0 Å². The number of piperazine rings is 1. The van der Waals surface area contributed by atoms with Gasteiger partial charge in [0.25, 0.3) is 5.91 Å². The summed E-state index contributed by atoms with van der Waals surface area (Å²) in [4.78, 5) is 29.7. The lowest BCUT2D eigenvalue weighted by molar-refractivity contribution is -0.138. The molecule has 3 heterocycles. The minimum atomic E-state index is -0.252. The molecule has 0 bridgehead atoms. The second kappa shape index (κ2) is 9.19. The lowest BCUT2D eigenvalue weighted by atomic mass is 9.93. The maximum Gasteiger partial charge on any atom is 0.276 e. The molecule has 0 radical (unpaired) electrons. The minimum absolute atomic E-state index is 0.0414. The lowest BCUT2D eigenvalue weighted by Crippen LogP contribution is -2.55. The first-order chi connectivity index (χ1) is 14.9. The van der Waals surface area contributed by atoms with Crippen LogP contribution in [0.25, 0.3) is 5.52 Å². The van der Waals surface area contributed by atoms with Gasteiger partial charge < -0.3 is 9.80 Å². The normalized spacial score (nSPS) is 19.3. The molecule has 4 rings (SSSR count). The van der Waals surface area contributed by atoms with E-state index in [1.807, 2.05) is 11.0 Å². The van der Waals surface area contributed by atoms with E-state index in [0.717, 1.165) is 36.9 Å². The zero-order valence-electron chi connectivity index (χ0n) is 18.9. The Kier molecular flexibility index (Phi) is 6.56. The fraction of sp³-hybridized carbons (Fsp3) is 0.625. The van der Waals surface area contributed by atoms with Crippen LogP contribution in [0.4, 0.5) is 0 Å². The molecule has 1 aliphatic heterocycles. The first-order valence-electron chi connectivity index (χ1n) is 11.7. The summed E-state index contributed by atoms with van der Waals surface area (Å²) in [5.41, 5.74) is 3.26. The van der Waals surface area contributed by atoms with Gasteiger partial charge in [0.2, 0.25) is 5.91 Å². The van der Waals surface area contributed by atoms with Gasteiger partial charge in [0.1, 0.15) is 6.54 Å². The SMILES string of the molecule is CCc1cc(C(C)CC)cc2c(Cl)c(C(=O)N3CCN(C4CCCCC4)C(=O)C3)nn12. The van der Waals surface area contributed by atoms with Gasteiger partial charge in [-0.2, -0.15) is 5.10 Å². The number of amides is 2. The lowest BCUT2D eigenvalue weighted by Gasteiger charge is -2.40. The largest absolute Gasteiger partial charge is 0.336 e. The van der Waals surface area contributed by atoms with Crippen LogP contribution in [0.5, 0.6) is 0 Å². The second-order valence-corrected chi connectivity index (χ2v) is 9.39. The van der Waals surface area contributed by atoms with Crippen molar-refractivity contribution < 1.29 is 9.59 Å². The maximum atomic E-state index is 13.3. The van der Waals surface area contributed by atoms with E-state index < -0.39 is 0 Å². The summed E-state index contributed by atoms with van der Waals surface area (Å²) in [6.45, 7) is 7.67. The van der Waals surface area contributed by atoms with Crippen molar-refractivity contribution in [2.75, 3.05) is 19.6 Å². The van der Waals surface area contributed by atoms with Gasteiger partial charge in [-0.05, 0) is 49.3 Å². The van der Waals surface area contributed by atoms with E-state index in [1.54, 1.807) is 9.42 Å². The molecule has 31 heavy (non-hydrogen) atoms. The van der Waals surface area contributed by atoms with E-state index >= 15 is 0 Å². The Balaban J connectivity index is 1.58. The third-order valence-electron chi connectivity index (χ3n) is 7.08. The molecule has 1 aliphatic carbocycles. The Morgan fingerprint density at radius 2 is 1.94 bits per heavy atom. The standard InChI is InChI=1S/C24H33ClN4O2/c1-4-16(3)17-13-18(5-2)29-20(14-17)22(25)23(26-29)24(31)27-11-12-28(21(30)15-27)19-9-7-6-8-10-19/h13-14,16,19H,4-12,15H2,1-3H3. The van der Waals surface area contributed by atoms with Gasteiger partial charge in [-0.1, -0.05) is 51.6 Å². The molecule has 2 aromatic rings. The third kappa shape index (κ3) is 4.19. The van der Waals surface area contributed by atoms with Crippen molar-refractivity contribution in [3.63, 3.8) is 0 Å². The highest BCUT2D eigenvalue weighted by Crippen LogP contribution is 2.30. The molecule has 1 unspecified atom stereocenters. The van der Waals surface area contributed by atoms with E-state index in [0.29, 0.717) is 30.1 Å². The molecule has 2 fully saturated rings. The number of carbonyl (C=O) groups is 2. The molecule has 0 aromatic carbocycles. The van der Waals surface area contributed by atoms with Crippen LogP contribution in [-0.4, -0.2) is 56.9 Å². The van der Waals surface area contributed by atoms with E-state index in [9.17, 15) is 9.59 Å². The Hall–Kier alpha value is -2.08. The minimum Gasteiger partial charge on any atom is -0.336 e. The zero-order valence-corrected chi connectivity index (χ0v) is 19.6. The van der Waals surface area contributed by atoms with Gasteiger partial charge in [0.15, 0.2) is 5.69 Å². The first-order valence-corrected chi connectivity index (χ1v) is 12.1. The van der Waals surface area contributed by atoms with Crippen LogP contribution < -0.4 is 0 Å². The molecule has 2 aromatic heterocycles. The molecule has 168 valence electrons. The number of aromatic nitrogens is 2. The first kappa shape index (κ1) is 22.1. The van der Waals surface area contributed by atoms with Crippen molar-refractivity contribution in [2.45, 2.75) is 77.7 Å². The Labute approximate surface area is 189 Å². The maximum absolute atomic E-state index is 13.3. The number of nitrogens with zero attached hydrogens (tertiary/aromatic N) is 4. The Morgan fingerprint density at radius 1 is 1.19 bits per heavy atom. The van der Waals surface area contributed by atoms with Crippen molar-refractivity contribution in [3.8, 4) is 0 Å². The molecule has 2 amide bonds. The summed E-state index contributed by atoms with van der Waals surface area (Å²) in [5.74, 6) is 0.197. The van der Waals surface area contributed by atoms with Gasteiger partial charge in [-0.3, -0.25) is 9.59 Å². The zero-order chi connectivity index (χ0) is 22.1. The van der Waals surface area contributed by atoms with E-state index in [2.05, 4.69) is 31.9 Å². The molecule has 1 saturated carbocycles. The third-order valence-corrected chi connectivity index (χ3v) is 7.45. The summed E-state index contributed by atoms with van der Waals surface area (Å²) in [5, 5.41) is 4.97. The summed E-state index contributed by atoms with van der Waals surface area (Å²) >= 11 is 6.68. The quantitative estimate of drug-likeness (QED) is 0.672. The summed E-state index contributed by atoms with van der Waals surface area (Å²) < 4.78 is 1.79. The average molecular weight is 445 g/mol. The van der Waals surface area contributed by atoms with E-state index in [1.165, 1.54) is 24.8 Å². The second-order valence-electron chi connectivity index (χ2n) is 9.01. The molecular weight excluding hydrogens is 412 g/mol. The highest BCUT2D eigenvalue weighted by molar-refractivity contribution is 6.36. The van der Waals surface area contributed by atoms with Gasteiger partial charge >= 0.3 is 0 Å². The van der Waals surface area contributed by atoms with Crippen LogP contribution in [0.15, 0.2) is 12.1 Å².